The molecule has 114 valence electrons. The molecule has 21 heavy (non-hydrogen) atoms. The first-order valence-electron chi connectivity index (χ1n) is 7.40. The maximum Gasteiger partial charge on any atom is 0.253 e. The summed E-state index contributed by atoms with van der Waals surface area (Å²) in [6.07, 6.45) is 0. The van der Waals surface area contributed by atoms with Crippen LogP contribution in [0.4, 0.5) is 0 Å². The monoisotopic (exact) mass is 288 g/mol. The highest BCUT2D eigenvalue weighted by Crippen LogP contribution is 2.34. The predicted molar refractivity (Wildman–Crippen MR) is 82.6 cm³/mol. The van der Waals surface area contributed by atoms with Crippen molar-refractivity contribution in [3.63, 3.8) is 0 Å². The molecule has 0 aliphatic carbocycles. The third kappa shape index (κ3) is 2.55. The highest BCUT2D eigenvalue weighted by atomic mass is 16.2. The summed E-state index contributed by atoms with van der Waals surface area (Å²) in [7, 11) is 0. The second-order valence-corrected chi connectivity index (χ2v) is 6.84. The molecule has 1 aromatic carbocycles. The molecule has 2 unspecified atom stereocenters. The van der Waals surface area contributed by atoms with Crippen molar-refractivity contribution in [3.8, 4) is 0 Å². The van der Waals surface area contributed by atoms with Gasteiger partial charge in [-0.25, -0.2) is 0 Å². The van der Waals surface area contributed by atoms with E-state index < -0.39 is 11.6 Å². The number of benzene rings is 1. The first kappa shape index (κ1) is 15.5. The number of nitrogens with one attached hydrogen (secondary N) is 1. The maximum absolute atomic E-state index is 13.0. The lowest BCUT2D eigenvalue weighted by Gasteiger charge is -2.48. The number of nitrogens with zero attached hydrogens (tertiary/aromatic N) is 1. The molecule has 1 N–H and O–H groups in total. The smallest absolute Gasteiger partial charge is 0.253 e. The zero-order chi connectivity index (χ0) is 15.8. The van der Waals surface area contributed by atoms with Crippen LogP contribution in [0.5, 0.6) is 0 Å². The second-order valence-electron chi connectivity index (χ2n) is 6.84. The SMILES string of the molecule is CCN1C(=O)C(C)(c2ccccc2)NC(=O)C1C(C)(C)C. The second kappa shape index (κ2) is 5.17. The molecular formula is C17H24N2O2. The quantitative estimate of drug-likeness (QED) is 0.907. The Hall–Kier alpha value is -1.84. The molecule has 1 aromatic rings. The number of likely N-dealkylation sites (N-methyl/N-ethyl adjacent to an activating group) is 1. The van der Waals surface area contributed by atoms with Gasteiger partial charge >= 0.3 is 0 Å². The van der Waals surface area contributed by atoms with E-state index in [1.807, 2.05) is 58.0 Å². The molecule has 2 amide bonds. The molecule has 1 heterocycles. The summed E-state index contributed by atoms with van der Waals surface area (Å²) in [5.41, 5.74) is -0.474. The van der Waals surface area contributed by atoms with Gasteiger partial charge in [0.25, 0.3) is 5.91 Å². The van der Waals surface area contributed by atoms with Crippen LogP contribution in [-0.2, 0) is 15.1 Å². The average Bonchev–Trinajstić information content (AvgIpc) is 2.42. The lowest BCUT2D eigenvalue weighted by molar-refractivity contribution is -0.159. The Morgan fingerprint density at radius 1 is 1.19 bits per heavy atom. The first-order chi connectivity index (χ1) is 9.71. The average molecular weight is 288 g/mol. The van der Waals surface area contributed by atoms with Crippen molar-refractivity contribution in [2.75, 3.05) is 6.54 Å². The van der Waals surface area contributed by atoms with Gasteiger partial charge in [-0.15, -0.1) is 0 Å². The van der Waals surface area contributed by atoms with Crippen LogP contribution < -0.4 is 5.32 Å². The Labute approximate surface area is 126 Å². The fraction of sp³-hybridized carbons (Fsp3) is 0.529. The van der Waals surface area contributed by atoms with Gasteiger partial charge in [0.2, 0.25) is 5.91 Å². The molecular weight excluding hydrogens is 264 g/mol. The summed E-state index contributed by atoms with van der Waals surface area (Å²) in [5.74, 6) is -0.133. The highest BCUT2D eigenvalue weighted by Gasteiger charge is 2.51. The van der Waals surface area contributed by atoms with Crippen LogP contribution in [0, 0.1) is 5.41 Å². The molecule has 0 radical (unpaired) electrons. The predicted octanol–water partition coefficient (Wildman–Crippen LogP) is 2.29. The minimum atomic E-state index is -0.990. The van der Waals surface area contributed by atoms with Crippen LogP contribution in [-0.4, -0.2) is 29.3 Å². The summed E-state index contributed by atoms with van der Waals surface area (Å²) in [6.45, 7) is 10.2. The molecule has 0 aromatic heterocycles. The Morgan fingerprint density at radius 3 is 2.24 bits per heavy atom. The Morgan fingerprint density at radius 2 is 1.76 bits per heavy atom. The third-order valence-electron chi connectivity index (χ3n) is 4.13. The molecule has 4 nitrogen and oxygen atoms in total. The van der Waals surface area contributed by atoms with Gasteiger partial charge in [0, 0.05) is 6.54 Å². The lowest BCUT2D eigenvalue weighted by atomic mass is 9.79. The van der Waals surface area contributed by atoms with Crippen molar-refractivity contribution in [1.29, 1.82) is 0 Å². The highest BCUT2D eigenvalue weighted by molar-refractivity contribution is 6.00. The van der Waals surface area contributed by atoms with Gasteiger partial charge in [0.15, 0.2) is 0 Å². The van der Waals surface area contributed by atoms with E-state index in [0.717, 1.165) is 5.56 Å². The Kier molecular flexibility index (Phi) is 3.83. The number of piperazine rings is 1. The van der Waals surface area contributed by atoms with Gasteiger partial charge < -0.3 is 10.2 Å². The zero-order valence-electron chi connectivity index (χ0n) is 13.4. The molecule has 1 fully saturated rings. The number of hydrogen-bond acceptors (Lipinski definition) is 2. The largest absolute Gasteiger partial charge is 0.336 e. The van der Waals surface area contributed by atoms with E-state index in [1.54, 1.807) is 11.8 Å². The molecule has 1 saturated heterocycles. The van der Waals surface area contributed by atoms with Crippen molar-refractivity contribution in [3.05, 3.63) is 35.9 Å². The molecule has 0 saturated carbocycles. The molecule has 1 aliphatic rings. The third-order valence-corrected chi connectivity index (χ3v) is 4.13. The van der Waals surface area contributed by atoms with Crippen LogP contribution >= 0.6 is 0 Å². The van der Waals surface area contributed by atoms with Crippen LogP contribution in [0.1, 0.15) is 40.2 Å². The van der Waals surface area contributed by atoms with Gasteiger partial charge in [0.05, 0.1) is 0 Å². The van der Waals surface area contributed by atoms with E-state index in [1.165, 1.54) is 0 Å². The van der Waals surface area contributed by atoms with Crippen molar-refractivity contribution < 1.29 is 9.59 Å². The summed E-state index contributed by atoms with van der Waals surface area (Å²) in [5, 5.41) is 2.95. The molecule has 0 bridgehead atoms. The molecule has 2 rings (SSSR count). The van der Waals surface area contributed by atoms with E-state index in [9.17, 15) is 9.59 Å². The van der Waals surface area contributed by atoms with Gasteiger partial charge in [-0.1, -0.05) is 51.1 Å². The fourth-order valence-corrected chi connectivity index (χ4v) is 3.07. The lowest BCUT2D eigenvalue weighted by Crippen LogP contribution is -2.70. The van der Waals surface area contributed by atoms with Crippen molar-refractivity contribution in [2.24, 2.45) is 5.41 Å². The van der Waals surface area contributed by atoms with Gasteiger partial charge in [-0.05, 0) is 24.8 Å². The first-order valence-corrected chi connectivity index (χ1v) is 7.40. The maximum atomic E-state index is 13.0. The Bertz CT molecular complexity index is 548. The molecule has 2 atom stereocenters. The standard InChI is InChI=1S/C17H24N2O2/c1-6-19-13(16(2,3)4)14(20)18-17(5,15(19)21)12-10-8-7-9-11-12/h7-11,13H,6H2,1-5H3,(H,18,20). The van der Waals surface area contributed by atoms with Crippen molar-refractivity contribution in [1.82, 2.24) is 10.2 Å². The number of carbonyl (C=O) groups excluding carboxylic acids is 2. The van der Waals surface area contributed by atoms with Crippen LogP contribution in [0.25, 0.3) is 0 Å². The summed E-state index contributed by atoms with van der Waals surface area (Å²) < 4.78 is 0. The van der Waals surface area contributed by atoms with E-state index in [0.29, 0.717) is 6.54 Å². The van der Waals surface area contributed by atoms with Crippen LogP contribution in [0.3, 0.4) is 0 Å². The number of carbonyl (C=O) groups is 2. The van der Waals surface area contributed by atoms with Crippen LogP contribution in [0.2, 0.25) is 0 Å². The fourth-order valence-electron chi connectivity index (χ4n) is 3.07. The Balaban J connectivity index is 2.47. The van der Waals surface area contributed by atoms with Crippen molar-refractivity contribution in [2.45, 2.75) is 46.2 Å². The zero-order valence-corrected chi connectivity index (χ0v) is 13.4. The van der Waals surface area contributed by atoms with E-state index in [-0.39, 0.29) is 17.2 Å². The number of rotatable bonds is 2. The topological polar surface area (TPSA) is 49.4 Å². The molecule has 1 aliphatic heterocycles. The van der Waals surface area contributed by atoms with Gasteiger partial charge in [0.1, 0.15) is 11.6 Å². The molecule has 0 spiro atoms. The minimum Gasteiger partial charge on any atom is -0.336 e. The molecule has 4 heteroatoms. The van der Waals surface area contributed by atoms with E-state index in [4.69, 9.17) is 0 Å². The van der Waals surface area contributed by atoms with E-state index in [2.05, 4.69) is 5.32 Å². The summed E-state index contributed by atoms with van der Waals surface area (Å²) >= 11 is 0. The van der Waals surface area contributed by atoms with Crippen molar-refractivity contribution >= 4 is 11.8 Å². The van der Waals surface area contributed by atoms with Crippen LogP contribution in [0.15, 0.2) is 30.3 Å². The number of hydrogen-bond donors (Lipinski definition) is 1. The summed E-state index contributed by atoms with van der Waals surface area (Å²) in [4.78, 5) is 27.3. The normalized spacial score (nSPS) is 26.7. The van der Waals surface area contributed by atoms with Gasteiger partial charge in [-0.2, -0.15) is 0 Å². The van der Waals surface area contributed by atoms with E-state index >= 15 is 0 Å². The minimum absolute atomic E-state index is 0.0456. The summed E-state index contributed by atoms with van der Waals surface area (Å²) in [6, 6.07) is 8.98. The number of amides is 2. The van der Waals surface area contributed by atoms with Gasteiger partial charge in [-0.3, -0.25) is 9.59 Å².